The molecular formula is C13H14ClN3S. The van der Waals surface area contributed by atoms with Crippen molar-refractivity contribution in [3.05, 3.63) is 46.7 Å². The number of hydrogen-bond acceptors (Lipinski definition) is 4. The van der Waals surface area contributed by atoms with Crippen molar-refractivity contribution in [2.24, 2.45) is 0 Å². The predicted molar refractivity (Wildman–Crippen MR) is 75.1 cm³/mol. The monoisotopic (exact) mass is 279 g/mol. The fourth-order valence-corrected chi connectivity index (χ4v) is 2.43. The summed E-state index contributed by atoms with van der Waals surface area (Å²) in [5, 5.41) is 5.64. The number of rotatable bonds is 4. The van der Waals surface area contributed by atoms with Gasteiger partial charge in [0, 0.05) is 18.9 Å². The van der Waals surface area contributed by atoms with Gasteiger partial charge in [-0.3, -0.25) is 0 Å². The standard InChI is InChI=1S/C13H14ClN3S/c1-9-5-10(6-15-2)7-17-13(9)18-12-4-3-11(14)8-16-12/h3-5,7-8,15H,6H2,1-2H3. The van der Waals surface area contributed by atoms with Crippen LogP contribution in [0.5, 0.6) is 0 Å². The minimum absolute atomic E-state index is 0.647. The van der Waals surface area contributed by atoms with Crippen LogP contribution in [0.1, 0.15) is 11.1 Å². The lowest BCUT2D eigenvalue weighted by Crippen LogP contribution is -2.05. The molecule has 0 saturated heterocycles. The molecule has 2 rings (SSSR count). The Morgan fingerprint density at radius 3 is 2.72 bits per heavy atom. The number of aromatic nitrogens is 2. The summed E-state index contributed by atoms with van der Waals surface area (Å²) in [6, 6.07) is 5.87. The second-order valence-corrected chi connectivity index (χ2v) is 5.36. The lowest BCUT2D eigenvalue weighted by molar-refractivity contribution is 0.806. The Labute approximate surface area is 116 Å². The Kier molecular flexibility index (Phi) is 4.58. The predicted octanol–water partition coefficient (Wildman–Crippen LogP) is 3.31. The fourth-order valence-electron chi connectivity index (χ4n) is 1.55. The fraction of sp³-hybridized carbons (Fsp3) is 0.231. The molecule has 0 saturated carbocycles. The molecule has 2 aromatic rings. The lowest BCUT2D eigenvalue weighted by Gasteiger charge is -2.06. The van der Waals surface area contributed by atoms with Crippen molar-refractivity contribution >= 4 is 23.4 Å². The number of pyridine rings is 2. The van der Waals surface area contributed by atoms with Crippen molar-refractivity contribution in [1.82, 2.24) is 15.3 Å². The first-order valence-electron chi connectivity index (χ1n) is 5.58. The van der Waals surface area contributed by atoms with Gasteiger partial charge in [0.15, 0.2) is 0 Å². The van der Waals surface area contributed by atoms with E-state index in [1.54, 1.807) is 18.0 Å². The van der Waals surface area contributed by atoms with Crippen LogP contribution >= 0.6 is 23.4 Å². The molecule has 0 aliphatic rings. The van der Waals surface area contributed by atoms with Crippen LogP contribution in [0, 0.1) is 6.92 Å². The highest BCUT2D eigenvalue weighted by atomic mass is 35.5. The van der Waals surface area contributed by atoms with Crippen molar-refractivity contribution in [3.8, 4) is 0 Å². The van der Waals surface area contributed by atoms with Gasteiger partial charge in [-0.1, -0.05) is 17.7 Å². The number of nitrogens with zero attached hydrogens (tertiary/aromatic N) is 2. The molecule has 0 spiro atoms. The molecule has 0 atom stereocenters. The lowest BCUT2D eigenvalue weighted by atomic mass is 10.2. The molecule has 3 nitrogen and oxygen atoms in total. The van der Waals surface area contributed by atoms with Gasteiger partial charge in [-0.15, -0.1) is 0 Å². The summed E-state index contributed by atoms with van der Waals surface area (Å²) in [5.41, 5.74) is 2.34. The Morgan fingerprint density at radius 2 is 2.11 bits per heavy atom. The van der Waals surface area contributed by atoms with E-state index >= 15 is 0 Å². The Bertz CT molecular complexity index is 528. The third-order valence-corrected chi connectivity index (χ3v) is 3.66. The zero-order valence-corrected chi connectivity index (χ0v) is 11.8. The van der Waals surface area contributed by atoms with E-state index in [1.807, 2.05) is 25.4 Å². The third kappa shape index (κ3) is 3.45. The van der Waals surface area contributed by atoms with Crippen LogP contribution in [0.15, 0.2) is 40.6 Å². The van der Waals surface area contributed by atoms with Crippen LogP contribution in [0.3, 0.4) is 0 Å². The minimum Gasteiger partial charge on any atom is -0.316 e. The molecule has 0 bridgehead atoms. The number of halogens is 1. The average molecular weight is 280 g/mol. The van der Waals surface area contributed by atoms with Crippen molar-refractivity contribution in [1.29, 1.82) is 0 Å². The molecule has 0 aromatic carbocycles. The molecular weight excluding hydrogens is 266 g/mol. The third-order valence-electron chi connectivity index (χ3n) is 2.37. The second kappa shape index (κ2) is 6.18. The van der Waals surface area contributed by atoms with Crippen LogP contribution in [-0.4, -0.2) is 17.0 Å². The summed E-state index contributed by atoms with van der Waals surface area (Å²) in [7, 11) is 1.93. The Morgan fingerprint density at radius 1 is 1.28 bits per heavy atom. The van der Waals surface area contributed by atoms with Gasteiger partial charge in [0.1, 0.15) is 10.1 Å². The molecule has 0 amide bonds. The molecule has 0 unspecified atom stereocenters. The first kappa shape index (κ1) is 13.3. The van der Waals surface area contributed by atoms with E-state index in [2.05, 4.69) is 28.3 Å². The quantitative estimate of drug-likeness (QED) is 0.932. The number of nitrogens with one attached hydrogen (secondary N) is 1. The van der Waals surface area contributed by atoms with E-state index in [-0.39, 0.29) is 0 Å². The summed E-state index contributed by atoms with van der Waals surface area (Å²) in [5.74, 6) is 0. The molecule has 5 heteroatoms. The molecule has 2 aromatic heterocycles. The van der Waals surface area contributed by atoms with Gasteiger partial charge in [-0.25, -0.2) is 9.97 Å². The first-order chi connectivity index (χ1) is 8.69. The van der Waals surface area contributed by atoms with Crippen molar-refractivity contribution in [3.63, 3.8) is 0 Å². The van der Waals surface area contributed by atoms with Crippen LogP contribution in [-0.2, 0) is 6.54 Å². The van der Waals surface area contributed by atoms with E-state index in [4.69, 9.17) is 11.6 Å². The van der Waals surface area contributed by atoms with Gasteiger partial charge < -0.3 is 5.32 Å². The number of hydrogen-bond donors (Lipinski definition) is 1. The van der Waals surface area contributed by atoms with Crippen LogP contribution in [0.25, 0.3) is 0 Å². The second-order valence-electron chi connectivity index (χ2n) is 3.91. The molecule has 0 aliphatic heterocycles. The maximum atomic E-state index is 5.81. The van der Waals surface area contributed by atoms with Gasteiger partial charge in [-0.05, 0) is 49.0 Å². The molecule has 18 heavy (non-hydrogen) atoms. The van der Waals surface area contributed by atoms with Crippen LogP contribution in [0.2, 0.25) is 5.02 Å². The molecule has 0 aliphatic carbocycles. The topological polar surface area (TPSA) is 37.8 Å². The highest BCUT2D eigenvalue weighted by Crippen LogP contribution is 2.27. The largest absolute Gasteiger partial charge is 0.316 e. The molecule has 1 N–H and O–H groups in total. The van der Waals surface area contributed by atoms with E-state index < -0.39 is 0 Å². The van der Waals surface area contributed by atoms with Gasteiger partial charge in [-0.2, -0.15) is 0 Å². The zero-order chi connectivity index (χ0) is 13.0. The van der Waals surface area contributed by atoms with Crippen molar-refractivity contribution in [2.75, 3.05) is 7.05 Å². The van der Waals surface area contributed by atoms with Gasteiger partial charge in [0.2, 0.25) is 0 Å². The summed E-state index contributed by atoms with van der Waals surface area (Å²) >= 11 is 7.36. The van der Waals surface area contributed by atoms with Crippen LogP contribution in [0.4, 0.5) is 0 Å². The maximum Gasteiger partial charge on any atom is 0.105 e. The maximum absolute atomic E-state index is 5.81. The molecule has 0 radical (unpaired) electrons. The van der Waals surface area contributed by atoms with E-state index in [9.17, 15) is 0 Å². The average Bonchev–Trinajstić information content (AvgIpc) is 2.36. The number of aryl methyl sites for hydroxylation is 1. The van der Waals surface area contributed by atoms with Crippen LogP contribution < -0.4 is 5.32 Å². The van der Waals surface area contributed by atoms with Gasteiger partial charge in [0.05, 0.1) is 5.02 Å². The van der Waals surface area contributed by atoms with E-state index in [0.29, 0.717) is 5.02 Å². The highest BCUT2D eigenvalue weighted by Gasteiger charge is 2.05. The Hall–Kier alpha value is -1.10. The minimum atomic E-state index is 0.647. The normalized spacial score (nSPS) is 10.6. The van der Waals surface area contributed by atoms with E-state index in [0.717, 1.165) is 22.2 Å². The summed E-state index contributed by atoms with van der Waals surface area (Å²) in [6.07, 6.45) is 3.54. The first-order valence-corrected chi connectivity index (χ1v) is 6.78. The van der Waals surface area contributed by atoms with E-state index in [1.165, 1.54) is 5.56 Å². The Balaban J connectivity index is 2.16. The SMILES string of the molecule is CNCc1cnc(Sc2ccc(Cl)cn2)c(C)c1. The molecule has 94 valence electrons. The molecule has 0 fully saturated rings. The van der Waals surface area contributed by atoms with Crippen molar-refractivity contribution in [2.45, 2.75) is 23.5 Å². The summed E-state index contributed by atoms with van der Waals surface area (Å²) < 4.78 is 0. The van der Waals surface area contributed by atoms with Gasteiger partial charge >= 0.3 is 0 Å². The molecule has 2 heterocycles. The zero-order valence-electron chi connectivity index (χ0n) is 10.3. The summed E-state index contributed by atoms with van der Waals surface area (Å²) in [4.78, 5) is 8.72. The summed E-state index contributed by atoms with van der Waals surface area (Å²) in [6.45, 7) is 2.89. The smallest absolute Gasteiger partial charge is 0.105 e. The van der Waals surface area contributed by atoms with Crippen molar-refractivity contribution < 1.29 is 0 Å². The van der Waals surface area contributed by atoms with Gasteiger partial charge in [0.25, 0.3) is 0 Å². The highest BCUT2D eigenvalue weighted by molar-refractivity contribution is 7.99.